The van der Waals surface area contributed by atoms with Crippen LogP contribution in [0.15, 0.2) is 30.3 Å². The average Bonchev–Trinajstić information content (AvgIpc) is 3.38. The molecule has 5 rings (SSSR count). The van der Waals surface area contributed by atoms with Gasteiger partial charge in [0.15, 0.2) is 0 Å². The Bertz CT molecular complexity index is 893. The van der Waals surface area contributed by atoms with Crippen molar-refractivity contribution in [2.75, 3.05) is 27.2 Å². The molecule has 2 aliphatic carbocycles. The van der Waals surface area contributed by atoms with E-state index in [1.54, 1.807) is 0 Å². The highest BCUT2D eigenvalue weighted by Crippen LogP contribution is 2.52. The van der Waals surface area contributed by atoms with E-state index >= 15 is 0 Å². The van der Waals surface area contributed by atoms with Crippen LogP contribution >= 0.6 is 0 Å². The number of aliphatic hydroxyl groups is 1. The minimum absolute atomic E-state index is 0.00271. The van der Waals surface area contributed by atoms with Gasteiger partial charge in [-0.2, -0.15) is 5.10 Å². The Labute approximate surface area is 165 Å². The van der Waals surface area contributed by atoms with Crippen molar-refractivity contribution in [2.24, 2.45) is 0 Å². The number of hydrogen-bond acceptors (Lipinski definition) is 4. The third kappa shape index (κ3) is 2.62. The van der Waals surface area contributed by atoms with E-state index in [1.165, 1.54) is 24.0 Å². The molecule has 1 saturated heterocycles. The van der Waals surface area contributed by atoms with E-state index in [-0.39, 0.29) is 17.4 Å². The van der Waals surface area contributed by atoms with Crippen LogP contribution in [-0.2, 0) is 5.41 Å². The minimum atomic E-state index is -0.455. The Kier molecular flexibility index (Phi) is 4.10. The smallest absolute Gasteiger partial charge is 0.274 e. The first-order valence-electron chi connectivity index (χ1n) is 10.3. The number of rotatable bonds is 3. The number of aliphatic hydroxyl groups excluding tert-OH is 1. The molecular formula is C22H28N4O2. The number of aromatic nitrogens is 2. The van der Waals surface area contributed by atoms with Gasteiger partial charge in [-0.15, -0.1) is 0 Å². The first-order chi connectivity index (χ1) is 13.5. The lowest BCUT2D eigenvalue weighted by atomic mass is 9.72. The zero-order chi connectivity index (χ0) is 19.5. The van der Waals surface area contributed by atoms with Gasteiger partial charge in [-0.1, -0.05) is 24.3 Å². The monoisotopic (exact) mass is 380 g/mol. The summed E-state index contributed by atoms with van der Waals surface area (Å²) in [7, 11) is 4.05. The van der Waals surface area contributed by atoms with Crippen LogP contribution in [0.5, 0.6) is 0 Å². The third-order valence-corrected chi connectivity index (χ3v) is 7.01. The molecular weight excluding hydrogens is 352 g/mol. The Hall–Kier alpha value is -2.18. The van der Waals surface area contributed by atoms with Crippen LogP contribution in [0.1, 0.15) is 65.0 Å². The summed E-state index contributed by atoms with van der Waals surface area (Å²) in [6, 6.07) is 10.3. The Morgan fingerprint density at radius 2 is 1.96 bits per heavy atom. The molecule has 2 N–H and O–H groups in total. The number of likely N-dealkylation sites (tertiary alicyclic amines) is 1. The number of carbonyl (C=O) groups excluding carboxylic acids is 1. The fourth-order valence-corrected chi connectivity index (χ4v) is 5.29. The number of benzene rings is 1. The van der Waals surface area contributed by atoms with Gasteiger partial charge in [-0.3, -0.25) is 9.89 Å². The molecule has 2 heterocycles. The molecule has 6 nitrogen and oxygen atoms in total. The zero-order valence-electron chi connectivity index (χ0n) is 16.6. The molecule has 2 fully saturated rings. The fraction of sp³-hybridized carbons (Fsp3) is 0.545. The van der Waals surface area contributed by atoms with Gasteiger partial charge < -0.3 is 14.9 Å². The maximum absolute atomic E-state index is 12.9. The fourth-order valence-electron chi connectivity index (χ4n) is 5.29. The Morgan fingerprint density at radius 3 is 2.64 bits per heavy atom. The van der Waals surface area contributed by atoms with Crippen molar-refractivity contribution in [1.82, 2.24) is 20.0 Å². The van der Waals surface area contributed by atoms with Crippen molar-refractivity contribution in [3.8, 4) is 0 Å². The molecule has 148 valence electrons. The molecule has 1 saturated carbocycles. The van der Waals surface area contributed by atoms with E-state index in [2.05, 4.69) is 39.4 Å². The molecule has 6 heteroatoms. The SMILES string of the molecule is CN(C)[C@@H]1c2ccccc2C2(CCN(C(=O)c3cc(C4CC4)[nH]n3)CC2)[C@H]1O. The largest absolute Gasteiger partial charge is 0.390 e. The predicted octanol–water partition coefficient (Wildman–Crippen LogP) is 2.44. The van der Waals surface area contributed by atoms with Gasteiger partial charge in [-0.05, 0) is 57.0 Å². The average molecular weight is 380 g/mol. The highest BCUT2D eigenvalue weighted by Gasteiger charge is 2.53. The van der Waals surface area contributed by atoms with Crippen molar-refractivity contribution in [3.05, 3.63) is 52.8 Å². The molecule has 0 bridgehead atoms. The lowest BCUT2D eigenvalue weighted by Crippen LogP contribution is -2.50. The van der Waals surface area contributed by atoms with Crippen molar-refractivity contribution in [3.63, 3.8) is 0 Å². The van der Waals surface area contributed by atoms with Gasteiger partial charge in [-0.25, -0.2) is 0 Å². The Morgan fingerprint density at radius 1 is 1.25 bits per heavy atom. The molecule has 1 amide bonds. The standard InChI is InChI=1S/C22H28N4O2/c1-25(2)19-15-5-3-4-6-16(15)22(20(19)27)9-11-26(12-10-22)21(28)18-13-17(23-24-18)14-7-8-14/h3-6,13-14,19-20,27H,7-12H2,1-2H3,(H,23,24)/t19-,20+/m1/s1. The van der Waals surface area contributed by atoms with E-state index in [1.807, 2.05) is 25.1 Å². The summed E-state index contributed by atoms with van der Waals surface area (Å²) in [5.41, 5.74) is 3.82. The van der Waals surface area contributed by atoms with Gasteiger partial charge in [0.1, 0.15) is 5.69 Å². The summed E-state index contributed by atoms with van der Waals surface area (Å²) >= 11 is 0. The number of H-pyrrole nitrogens is 1. The highest BCUT2D eigenvalue weighted by atomic mass is 16.3. The molecule has 28 heavy (non-hydrogen) atoms. The second-order valence-corrected chi connectivity index (χ2v) is 8.87. The summed E-state index contributed by atoms with van der Waals surface area (Å²) in [5.74, 6) is 0.565. The van der Waals surface area contributed by atoms with Crippen LogP contribution in [0.2, 0.25) is 0 Å². The lowest BCUT2D eigenvalue weighted by Gasteiger charge is -2.43. The third-order valence-electron chi connectivity index (χ3n) is 7.01. The first kappa shape index (κ1) is 17.9. The van der Waals surface area contributed by atoms with Crippen LogP contribution in [-0.4, -0.2) is 64.3 Å². The number of nitrogens with one attached hydrogen (secondary N) is 1. The summed E-state index contributed by atoms with van der Waals surface area (Å²) < 4.78 is 0. The van der Waals surface area contributed by atoms with Crippen LogP contribution in [0.4, 0.5) is 0 Å². The second kappa shape index (κ2) is 6.42. The molecule has 1 aromatic carbocycles. The van der Waals surface area contributed by atoms with Gasteiger partial charge in [0.05, 0.1) is 12.1 Å². The summed E-state index contributed by atoms with van der Waals surface area (Å²) in [5, 5.41) is 18.6. The van der Waals surface area contributed by atoms with Crippen molar-refractivity contribution >= 4 is 5.91 Å². The molecule has 0 radical (unpaired) electrons. The van der Waals surface area contributed by atoms with Crippen molar-refractivity contribution < 1.29 is 9.90 Å². The minimum Gasteiger partial charge on any atom is -0.390 e. The van der Waals surface area contributed by atoms with Gasteiger partial charge in [0.25, 0.3) is 5.91 Å². The van der Waals surface area contributed by atoms with Crippen LogP contribution < -0.4 is 0 Å². The van der Waals surface area contributed by atoms with Crippen molar-refractivity contribution in [2.45, 2.75) is 49.2 Å². The first-order valence-corrected chi connectivity index (χ1v) is 10.3. The summed E-state index contributed by atoms with van der Waals surface area (Å²) in [4.78, 5) is 16.9. The number of likely N-dealkylation sites (N-methyl/N-ethyl adjacent to an activating group) is 1. The number of amides is 1. The second-order valence-electron chi connectivity index (χ2n) is 8.87. The zero-order valence-corrected chi connectivity index (χ0v) is 16.6. The Balaban J connectivity index is 1.36. The number of nitrogens with zero attached hydrogens (tertiary/aromatic N) is 3. The van der Waals surface area contributed by atoms with Crippen LogP contribution in [0.3, 0.4) is 0 Å². The van der Waals surface area contributed by atoms with E-state index in [0.717, 1.165) is 18.5 Å². The highest BCUT2D eigenvalue weighted by molar-refractivity contribution is 5.92. The number of piperidine rings is 1. The van der Waals surface area contributed by atoms with Crippen LogP contribution in [0.25, 0.3) is 0 Å². The van der Waals surface area contributed by atoms with Crippen LogP contribution in [0, 0.1) is 0 Å². The molecule has 3 aliphatic rings. The molecule has 1 spiro atoms. The molecule has 2 atom stereocenters. The summed E-state index contributed by atoms with van der Waals surface area (Å²) in [6.45, 7) is 1.30. The van der Waals surface area contributed by atoms with E-state index in [4.69, 9.17) is 0 Å². The predicted molar refractivity (Wildman–Crippen MR) is 106 cm³/mol. The quantitative estimate of drug-likeness (QED) is 0.858. The maximum atomic E-state index is 12.9. The number of hydrogen-bond donors (Lipinski definition) is 2. The van der Waals surface area contributed by atoms with Gasteiger partial charge >= 0.3 is 0 Å². The summed E-state index contributed by atoms with van der Waals surface area (Å²) in [6.07, 6.45) is 3.48. The number of aromatic amines is 1. The van der Waals surface area contributed by atoms with E-state index in [9.17, 15) is 9.90 Å². The lowest BCUT2D eigenvalue weighted by molar-refractivity contribution is -0.00154. The topological polar surface area (TPSA) is 72.5 Å². The van der Waals surface area contributed by atoms with Crippen molar-refractivity contribution in [1.29, 1.82) is 0 Å². The molecule has 2 aromatic rings. The van der Waals surface area contributed by atoms with Gasteiger partial charge in [0, 0.05) is 30.1 Å². The van der Waals surface area contributed by atoms with E-state index in [0.29, 0.717) is 24.7 Å². The van der Waals surface area contributed by atoms with Gasteiger partial charge in [0.2, 0.25) is 0 Å². The molecule has 1 aromatic heterocycles. The normalized spacial score (nSPS) is 26.1. The molecule has 1 aliphatic heterocycles. The molecule has 0 unspecified atom stereocenters. The van der Waals surface area contributed by atoms with E-state index < -0.39 is 6.10 Å². The number of carbonyl (C=O) groups is 1. The number of fused-ring (bicyclic) bond motifs is 2. The maximum Gasteiger partial charge on any atom is 0.274 e.